The molecule has 3 aromatic rings. The van der Waals surface area contributed by atoms with Crippen LogP contribution in [0.1, 0.15) is 37.7 Å². The molecule has 0 fully saturated rings. The molecule has 0 saturated heterocycles. The normalized spacial score (nSPS) is 18.0. The third-order valence-electron chi connectivity index (χ3n) is 5.61. The van der Waals surface area contributed by atoms with Gasteiger partial charge in [0, 0.05) is 11.7 Å². The predicted octanol–water partition coefficient (Wildman–Crippen LogP) is 4.31. The second-order valence-corrected chi connectivity index (χ2v) is 8.74. The fraction of sp³-hybridized carbons (Fsp3) is 0.391. The number of imidazole rings is 1. The maximum Gasteiger partial charge on any atom is 0.244 e. The Kier molecular flexibility index (Phi) is 5.92. The van der Waals surface area contributed by atoms with Crippen molar-refractivity contribution in [3.63, 3.8) is 0 Å². The number of hydrogen-bond acceptors (Lipinski definition) is 4. The quantitative estimate of drug-likeness (QED) is 0.611. The van der Waals surface area contributed by atoms with E-state index in [1.165, 1.54) is 5.56 Å². The van der Waals surface area contributed by atoms with E-state index < -0.39 is 0 Å². The van der Waals surface area contributed by atoms with Gasteiger partial charge < -0.3 is 9.88 Å². The monoisotopic (exact) mass is 408 g/mol. The van der Waals surface area contributed by atoms with Gasteiger partial charge in [-0.1, -0.05) is 30.3 Å². The minimum atomic E-state index is -0.302. The summed E-state index contributed by atoms with van der Waals surface area (Å²) in [7, 11) is 0. The first-order valence-electron chi connectivity index (χ1n) is 10.2. The van der Waals surface area contributed by atoms with Crippen molar-refractivity contribution in [3.05, 3.63) is 59.9 Å². The molecule has 6 heteroatoms. The minimum Gasteiger partial charge on any atom is -0.341 e. The number of nitrogens with one attached hydrogen (secondary N) is 2. The smallest absolute Gasteiger partial charge is 0.244 e. The molecular formula is C23H28N4OS. The summed E-state index contributed by atoms with van der Waals surface area (Å²) in [6.45, 7) is 4.08. The van der Waals surface area contributed by atoms with E-state index >= 15 is 0 Å². The Morgan fingerprint density at radius 2 is 2.03 bits per heavy atom. The lowest BCUT2D eigenvalue weighted by atomic mass is 10.1. The number of amides is 1. The van der Waals surface area contributed by atoms with Gasteiger partial charge in [-0.2, -0.15) is 11.8 Å². The number of nitrogens with zero attached hydrogens (tertiary/aromatic N) is 2. The number of benzene rings is 2. The molecule has 1 amide bonds. The fourth-order valence-electron chi connectivity index (χ4n) is 4.16. The van der Waals surface area contributed by atoms with Crippen molar-refractivity contribution in [2.45, 2.75) is 44.8 Å². The molecule has 29 heavy (non-hydrogen) atoms. The lowest BCUT2D eigenvalue weighted by Crippen LogP contribution is -2.48. The van der Waals surface area contributed by atoms with Gasteiger partial charge in [0.25, 0.3) is 0 Å². The second kappa shape index (κ2) is 8.59. The Balaban J connectivity index is 1.55. The van der Waals surface area contributed by atoms with Crippen LogP contribution in [0.3, 0.4) is 0 Å². The lowest BCUT2D eigenvalue weighted by molar-refractivity contribution is -0.120. The summed E-state index contributed by atoms with van der Waals surface area (Å²) in [5.41, 5.74) is 4.28. The molecular weight excluding hydrogens is 380 g/mol. The number of rotatable bonds is 7. The van der Waals surface area contributed by atoms with E-state index in [-0.39, 0.29) is 24.0 Å². The molecule has 2 heterocycles. The maximum atomic E-state index is 13.4. The van der Waals surface area contributed by atoms with Gasteiger partial charge in [-0.25, -0.2) is 4.98 Å². The van der Waals surface area contributed by atoms with Crippen LogP contribution in [0.2, 0.25) is 0 Å². The fourth-order valence-corrected chi connectivity index (χ4v) is 4.63. The zero-order valence-electron chi connectivity index (χ0n) is 17.2. The van der Waals surface area contributed by atoms with E-state index in [0.29, 0.717) is 0 Å². The highest BCUT2D eigenvalue weighted by molar-refractivity contribution is 7.98. The molecule has 0 radical (unpaired) electrons. The number of fused-ring (bicyclic) bond motifs is 2. The number of carbonyl (C=O) groups excluding carboxylic acids is 1. The Hall–Kier alpha value is -2.31. The number of anilines is 1. The summed E-state index contributed by atoms with van der Waals surface area (Å²) in [5.74, 6) is 2.01. The highest BCUT2D eigenvalue weighted by atomic mass is 32.2. The summed E-state index contributed by atoms with van der Waals surface area (Å²) < 4.78 is 0. The average Bonchev–Trinajstić information content (AvgIpc) is 3.30. The van der Waals surface area contributed by atoms with Crippen molar-refractivity contribution in [3.8, 4) is 0 Å². The van der Waals surface area contributed by atoms with Gasteiger partial charge in [-0.05, 0) is 62.5 Å². The van der Waals surface area contributed by atoms with Crippen molar-refractivity contribution in [1.82, 2.24) is 15.3 Å². The molecule has 0 saturated carbocycles. The van der Waals surface area contributed by atoms with E-state index in [1.54, 1.807) is 11.8 Å². The number of para-hydroxylation sites is 3. The van der Waals surface area contributed by atoms with Crippen LogP contribution >= 0.6 is 11.8 Å². The van der Waals surface area contributed by atoms with Gasteiger partial charge in [-0.15, -0.1) is 0 Å². The molecule has 0 bridgehead atoms. The molecule has 5 nitrogen and oxygen atoms in total. The van der Waals surface area contributed by atoms with Crippen molar-refractivity contribution in [2.75, 3.05) is 16.9 Å². The number of carbonyl (C=O) groups is 1. The van der Waals surface area contributed by atoms with Crippen LogP contribution in [0.15, 0.2) is 48.5 Å². The first-order chi connectivity index (χ1) is 14.1. The van der Waals surface area contributed by atoms with Crippen molar-refractivity contribution in [2.24, 2.45) is 0 Å². The highest BCUT2D eigenvalue weighted by Crippen LogP contribution is 2.32. The largest absolute Gasteiger partial charge is 0.341 e. The zero-order chi connectivity index (χ0) is 20.4. The first-order valence-corrected chi connectivity index (χ1v) is 11.6. The predicted molar refractivity (Wildman–Crippen MR) is 122 cm³/mol. The standard InChI is InChI=1S/C23H28N4OS/c1-15-14-17-8-4-7-11-21(17)27(15)23(28)16(2)24-20(12-13-29-3)22-25-18-9-5-6-10-19(18)26-22/h4-11,15-16,20,24H,12-14H2,1-3H3,(H,25,26). The van der Waals surface area contributed by atoms with E-state index in [1.807, 2.05) is 54.3 Å². The van der Waals surface area contributed by atoms with Gasteiger partial charge in [0.15, 0.2) is 0 Å². The first kappa shape index (κ1) is 20.0. The molecule has 2 N–H and O–H groups in total. The molecule has 0 spiro atoms. The number of thioether (sulfide) groups is 1. The Bertz CT molecular complexity index is 968. The van der Waals surface area contributed by atoms with Gasteiger partial charge >= 0.3 is 0 Å². The second-order valence-electron chi connectivity index (χ2n) is 7.75. The summed E-state index contributed by atoms with van der Waals surface area (Å²) in [5, 5.41) is 3.56. The van der Waals surface area contributed by atoms with Crippen molar-refractivity contribution in [1.29, 1.82) is 0 Å². The van der Waals surface area contributed by atoms with Crippen LogP contribution in [0, 0.1) is 0 Å². The summed E-state index contributed by atoms with van der Waals surface area (Å²) in [4.78, 5) is 23.5. The zero-order valence-corrected chi connectivity index (χ0v) is 18.0. The van der Waals surface area contributed by atoms with Crippen molar-refractivity contribution < 1.29 is 4.79 Å². The van der Waals surface area contributed by atoms with Crippen LogP contribution in [-0.4, -0.2) is 40.0 Å². The van der Waals surface area contributed by atoms with E-state index in [2.05, 4.69) is 29.5 Å². The molecule has 3 unspecified atom stereocenters. The van der Waals surface area contributed by atoms with Crippen molar-refractivity contribution >= 4 is 34.4 Å². The van der Waals surface area contributed by atoms with Gasteiger partial charge in [-0.3, -0.25) is 10.1 Å². The highest BCUT2D eigenvalue weighted by Gasteiger charge is 2.34. The Morgan fingerprint density at radius 1 is 1.28 bits per heavy atom. The van der Waals surface area contributed by atoms with Crippen LogP contribution in [-0.2, 0) is 11.2 Å². The number of H-pyrrole nitrogens is 1. The van der Waals surface area contributed by atoms with Gasteiger partial charge in [0.1, 0.15) is 5.82 Å². The molecule has 3 atom stereocenters. The Morgan fingerprint density at radius 3 is 2.83 bits per heavy atom. The maximum absolute atomic E-state index is 13.4. The molecule has 1 aromatic heterocycles. The third kappa shape index (κ3) is 4.05. The van der Waals surface area contributed by atoms with E-state index in [9.17, 15) is 4.79 Å². The third-order valence-corrected chi connectivity index (χ3v) is 6.26. The van der Waals surface area contributed by atoms with E-state index in [4.69, 9.17) is 4.98 Å². The summed E-state index contributed by atoms with van der Waals surface area (Å²) in [6.07, 6.45) is 3.92. The van der Waals surface area contributed by atoms with Crippen LogP contribution in [0.4, 0.5) is 5.69 Å². The summed E-state index contributed by atoms with van der Waals surface area (Å²) in [6, 6.07) is 16.1. The van der Waals surface area contributed by atoms with E-state index in [0.717, 1.165) is 41.1 Å². The minimum absolute atomic E-state index is 0.00181. The molecule has 2 aromatic carbocycles. The molecule has 152 valence electrons. The Labute approximate surface area is 176 Å². The number of hydrogen-bond donors (Lipinski definition) is 2. The average molecular weight is 409 g/mol. The summed E-state index contributed by atoms with van der Waals surface area (Å²) >= 11 is 1.81. The lowest BCUT2D eigenvalue weighted by Gasteiger charge is -2.28. The van der Waals surface area contributed by atoms with Crippen LogP contribution in [0.5, 0.6) is 0 Å². The molecule has 0 aliphatic carbocycles. The van der Waals surface area contributed by atoms with Gasteiger partial charge in [0.05, 0.1) is 23.1 Å². The molecule has 4 rings (SSSR count). The molecule has 1 aliphatic rings. The topological polar surface area (TPSA) is 61.0 Å². The van der Waals surface area contributed by atoms with Crippen LogP contribution < -0.4 is 10.2 Å². The SMILES string of the molecule is CSCCC(NC(C)C(=O)N1c2ccccc2CC1C)c1nc2ccccc2[nH]1. The van der Waals surface area contributed by atoms with Gasteiger partial charge in [0.2, 0.25) is 5.91 Å². The van der Waals surface area contributed by atoms with Crippen LogP contribution in [0.25, 0.3) is 11.0 Å². The number of aromatic nitrogens is 2. The molecule has 1 aliphatic heterocycles. The number of aromatic amines is 1.